The maximum absolute atomic E-state index is 11.4. The van der Waals surface area contributed by atoms with E-state index < -0.39 is 0 Å². The standard InChI is InChI=1S/C18H15N5O3/c1-10-15(25-2)7-12(9-20-10)26-17-13(4-3-5-19-17)11-6-14-16(21-8-11)23-18(24)22-14/h3-9H,1-2H3,(H2,21,22,23,24). The Morgan fingerprint density at radius 2 is 1.96 bits per heavy atom. The predicted octanol–water partition coefficient (Wildman–Crippen LogP) is 2.82. The molecule has 0 radical (unpaired) electrons. The summed E-state index contributed by atoms with van der Waals surface area (Å²) in [7, 11) is 1.58. The first-order valence-electron chi connectivity index (χ1n) is 7.86. The van der Waals surface area contributed by atoms with Crippen molar-refractivity contribution in [2.45, 2.75) is 6.92 Å². The minimum Gasteiger partial charge on any atom is -0.495 e. The van der Waals surface area contributed by atoms with Crippen LogP contribution in [0.1, 0.15) is 5.69 Å². The van der Waals surface area contributed by atoms with Crippen LogP contribution >= 0.6 is 0 Å². The Morgan fingerprint density at radius 3 is 2.81 bits per heavy atom. The van der Waals surface area contributed by atoms with E-state index in [1.54, 1.807) is 37.8 Å². The van der Waals surface area contributed by atoms with Gasteiger partial charge in [0.2, 0.25) is 5.88 Å². The lowest BCUT2D eigenvalue weighted by Gasteiger charge is -2.11. The molecule has 0 atom stereocenters. The number of imidazole rings is 1. The second-order valence-electron chi connectivity index (χ2n) is 5.62. The summed E-state index contributed by atoms with van der Waals surface area (Å²) < 4.78 is 11.2. The highest BCUT2D eigenvalue weighted by Crippen LogP contribution is 2.32. The van der Waals surface area contributed by atoms with Crippen LogP contribution in [0.2, 0.25) is 0 Å². The first kappa shape index (κ1) is 15.8. The van der Waals surface area contributed by atoms with E-state index in [9.17, 15) is 4.79 Å². The molecule has 0 bridgehead atoms. The van der Waals surface area contributed by atoms with Crippen LogP contribution in [0.5, 0.6) is 17.4 Å². The number of pyridine rings is 3. The third-order valence-electron chi connectivity index (χ3n) is 3.90. The van der Waals surface area contributed by atoms with Gasteiger partial charge < -0.3 is 14.5 Å². The maximum Gasteiger partial charge on any atom is 0.325 e. The Morgan fingerprint density at radius 1 is 1.08 bits per heavy atom. The first-order chi connectivity index (χ1) is 12.6. The van der Waals surface area contributed by atoms with Gasteiger partial charge in [-0.2, -0.15) is 0 Å². The van der Waals surface area contributed by atoms with Crippen molar-refractivity contribution in [2.75, 3.05) is 7.11 Å². The largest absolute Gasteiger partial charge is 0.495 e. The number of hydrogen-bond acceptors (Lipinski definition) is 6. The quantitative estimate of drug-likeness (QED) is 0.587. The molecule has 0 saturated carbocycles. The highest BCUT2D eigenvalue weighted by atomic mass is 16.5. The number of aromatic amines is 2. The molecule has 0 amide bonds. The van der Waals surface area contributed by atoms with Crippen LogP contribution in [0.25, 0.3) is 22.3 Å². The molecule has 0 aromatic carbocycles. The lowest BCUT2D eigenvalue weighted by molar-refractivity contribution is 0.401. The summed E-state index contributed by atoms with van der Waals surface area (Å²) >= 11 is 0. The van der Waals surface area contributed by atoms with Crippen molar-refractivity contribution in [3.8, 4) is 28.5 Å². The molecule has 4 rings (SSSR count). The monoisotopic (exact) mass is 349 g/mol. The zero-order chi connectivity index (χ0) is 18.1. The number of fused-ring (bicyclic) bond motifs is 1. The lowest BCUT2D eigenvalue weighted by Crippen LogP contribution is -1.99. The number of hydrogen-bond donors (Lipinski definition) is 2. The van der Waals surface area contributed by atoms with Crippen LogP contribution in [0.4, 0.5) is 0 Å². The van der Waals surface area contributed by atoms with Crippen molar-refractivity contribution in [3.63, 3.8) is 0 Å². The van der Waals surface area contributed by atoms with Gasteiger partial charge in [0.05, 0.1) is 24.5 Å². The van der Waals surface area contributed by atoms with Gasteiger partial charge in [-0.25, -0.2) is 14.8 Å². The SMILES string of the molecule is COc1cc(Oc2ncccc2-c2cnc3[nH]c(=O)[nH]c3c2)cnc1C. The van der Waals surface area contributed by atoms with E-state index in [0.717, 1.165) is 16.8 Å². The van der Waals surface area contributed by atoms with E-state index in [1.165, 1.54) is 0 Å². The van der Waals surface area contributed by atoms with Gasteiger partial charge in [0.15, 0.2) is 11.4 Å². The predicted molar refractivity (Wildman–Crippen MR) is 95.5 cm³/mol. The topological polar surface area (TPSA) is 106 Å². The van der Waals surface area contributed by atoms with E-state index in [4.69, 9.17) is 9.47 Å². The normalized spacial score (nSPS) is 10.8. The van der Waals surface area contributed by atoms with Gasteiger partial charge >= 0.3 is 5.69 Å². The zero-order valence-corrected chi connectivity index (χ0v) is 14.1. The van der Waals surface area contributed by atoms with E-state index in [-0.39, 0.29) is 5.69 Å². The Kier molecular flexibility index (Phi) is 3.85. The fraction of sp³-hybridized carbons (Fsp3) is 0.111. The molecule has 0 aliphatic heterocycles. The molecule has 4 heterocycles. The summed E-state index contributed by atoms with van der Waals surface area (Å²) in [5.74, 6) is 1.55. The summed E-state index contributed by atoms with van der Waals surface area (Å²) in [4.78, 5) is 29.6. The third-order valence-corrected chi connectivity index (χ3v) is 3.90. The Bertz CT molecular complexity index is 1150. The lowest BCUT2D eigenvalue weighted by atomic mass is 10.1. The van der Waals surface area contributed by atoms with Crippen LogP contribution in [-0.4, -0.2) is 32.0 Å². The molecule has 130 valence electrons. The summed E-state index contributed by atoms with van der Waals surface area (Å²) in [6, 6.07) is 7.25. The van der Waals surface area contributed by atoms with Gasteiger partial charge in [-0.15, -0.1) is 0 Å². The molecule has 26 heavy (non-hydrogen) atoms. The molecule has 0 spiro atoms. The van der Waals surface area contributed by atoms with Crippen LogP contribution in [0, 0.1) is 6.92 Å². The molecule has 0 unspecified atom stereocenters. The number of aromatic nitrogens is 5. The molecular weight excluding hydrogens is 334 g/mol. The Hall–Kier alpha value is -3.68. The molecule has 0 aliphatic rings. The van der Waals surface area contributed by atoms with Crippen molar-refractivity contribution in [3.05, 3.63) is 59.0 Å². The molecular formula is C18H15N5O3. The van der Waals surface area contributed by atoms with E-state index in [0.29, 0.717) is 28.5 Å². The molecule has 4 aromatic rings. The Balaban J connectivity index is 1.75. The fourth-order valence-corrected chi connectivity index (χ4v) is 2.63. The molecule has 8 nitrogen and oxygen atoms in total. The third kappa shape index (κ3) is 2.88. The number of methoxy groups -OCH3 is 1. The Labute approximate surface area is 147 Å². The summed E-state index contributed by atoms with van der Waals surface area (Å²) in [6.07, 6.45) is 4.91. The molecule has 0 fully saturated rings. The van der Waals surface area contributed by atoms with E-state index in [1.807, 2.05) is 19.1 Å². The van der Waals surface area contributed by atoms with Crippen LogP contribution in [0.15, 0.2) is 47.7 Å². The summed E-state index contributed by atoms with van der Waals surface area (Å²) in [5.41, 5.74) is 3.09. The van der Waals surface area contributed by atoms with Crippen molar-refractivity contribution in [1.82, 2.24) is 24.9 Å². The summed E-state index contributed by atoms with van der Waals surface area (Å²) in [6.45, 7) is 1.85. The second-order valence-corrected chi connectivity index (χ2v) is 5.62. The van der Waals surface area contributed by atoms with Crippen LogP contribution < -0.4 is 15.2 Å². The van der Waals surface area contributed by atoms with Gasteiger partial charge in [-0.3, -0.25) is 9.97 Å². The number of ether oxygens (including phenoxy) is 2. The highest BCUT2D eigenvalue weighted by Gasteiger charge is 2.12. The zero-order valence-electron chi connectivity index (χ0n) is 14.1. The summed E-state index contributed by atoms with van der Waals surface area (Å²) in [5, 5.41) is 0. The molecule has 0 saturated heterocycles. The van der Waals surface area contributed by atoms with Crippen LogP contribution in [0.3, 0.4) is 0 Å². The van der Waals surface area contributed by atoms with Crippen molar-refractivity contribution in [2.24, 2.45) is 0 Å². The van der Waals surface area contributed by atoms with Crippen LogP contribution in [-0.2, 0) is 0 Å². The second kappa shape index (κ2) is 6.32. The first-order valence-corrected chi connectivity index (χ1v) is 7.86. The molecule has 8 heteroatoms. The van der Waals surface area contributed by atoms with Crippen molar-refractivity contribution in [1.29, 1.82) is 0 Å². The number of nitrogens with one attached hydrogen (secondary N) is 2. The maximum atomic E-state index is 11.4. The van der Waals surface area contributed by atoms with Gasteiger partial charge in [0.25, 0.3) is 0 Å². The van der Waals surface area contributed by atoms with Gasteiger partial charge in [0.1, 0.15) is 5.75 Å². The average molecular weight is 349 g/mol. The molecule has 2 N–H and O–H groups in total. The molecule has 4 aromatic heterocycles. The number of H-pyrrole nitrogens is 2. The van der Waals surface area contributed by atoms with Gasteiger partial charge in [-0.05, 0) is 25.1 Å². The van der Waals surface area contributed by atoms with E-state index >= 15 is 0 Å². The van der Waals surface area contributed by atoms with Gasteiger partial charge in [0, 0.05) is 29.6 Å². The number of nitrogens with zero attached hydrogens (tertiary/aromatic N) is 3. The minimum absolute atomic E-state index is 0.301. The fourth-order valence-electron chi connectivity index (χ4n) is 2.63. The van der Waals surface area contributed by atoms with Gasteiger partial charge in [-0.1, -0.05) is 0 Å². The highest BCUT2D eigenvalue weighted by molar-refractivity contribution is 5.79. The van der Waals surface area contributed by atoms with Crippen molar-refractivity contribution < 1.29 is 9.47 Å². The smallest absolute Gasteiger partial charge is 0.325 e. The van der Waals surface area contributed by atoms with Crippen molar-refractivity contribution >= 4 is 11.2 Å². The minimum atomic E-state index is -0.301. The average Bonchev–Trinajstić information content (AvgIpc) is 3.03. The molecule has 0 aliphatic carbocycles. The number of rotatable bonds is 4. The number of aryl methyl sites for hydroxylation is 1. The van der Waals surface area contributed by atoms with E-state index in [2.05, 4.69) is 24.9 Å².